The molecule has 0 aromatic heterocycles. The molecular formula is C13H24N2OS. The number of hydrogen-bond donors (Lipinski definition) is 1. The molecule has 2 aliphatic rings. The minimum atomic E-state index is -0.201. The average molecular weight is 256 g/mol. The van der Waals surface area contributed by atoms with Crippen LogP contribution in [0.3, 0.4) is 0 Å². The number of nitrogens with one attached hydrogen (secondary N) is 1. The molecule has 1 saturated carbocycles. The Kier molecular flexibility index (Phi) is 4.03. The van der Waals surface area contributed by atoms with E-state index in [1.807, 2.05) is 11.8 Å². The van der Waals surface area contributed by atoms with E-state index in [2.05, 4.69) is 30.3 Å². The Morgan fingerprint density at radius 3 is 2.65 bits per heavy atom. The monoisotopic (exact) mass is 256 g/mol. The minimum Gasteiger partial charge on any atom is -0.324 e. The Balaban J connectivity index is 2.13. The summed E-state index contributed by atoms with van der Waals surface area (Å²) in [6, 6.07) is 0. The van der Waals surface area contributed by atoms with Crippen molar-refractivity contribution in [1.29, 1.82) is 0 Å². The lowest BCUT2D eigenvalue weighted by molar-refractivity contribution is -0.133. The second kappa shape index (κ2) is 5.19. The number of amides is 1. The lowest BCUT2D eigenvalue weighted by atomic mass is 9.98. The van der Waals surface area contributed by atoms with Crippen molar-refractivity contribution in [3.05, 3.63) is 0 Å². The van der Waals surface area contributed by atoms with Crippen LogP contribution in [0.25, 0.3) is 0 Å². The number of carbonyl (C=O) groups excluding carboxylic acids is 1. The fraction of sp³-hybridized carbons (Fsp3) is 0.923. The van der Waals surface area contributed by atoms with E-state index in [4.69, 9.17) is 0 Å². The Labute approximate surface area is 109 Å². The van der Waals surface area contributed by atoms with Crippen LogP contribution in [-0.2, 0) is 4.79 Å². The van der Waals surface area contributed by atoms with E-state index in [1.165, 1.54) is 12.8 Å². The summed E-state index contributed by atoms with van der Waals surface area (Å²) in [6.45, 7) is 5.29. The van der Waals surface area contributed by atoms with Gasteiger partial charge in [-0.05, 0) is 25.0 Å². The highest BCUT2D eigenvalue weighted by Crippen LogP contribution is 2.37. The molecule has 2 fully saturated rings. The van der Waals surface area contributed by atoms with Crippen molar-refractivity contribution in [1.82, 2.24) is 10.2 Å². The maximum Gasteiger partial charge on any atom is 0.244 e. The molecule has 2 rings (SSSR count). The SMILES string of the molecule is CSCCN1C(=O)C2(CCCC2)NC1C(C)C. The molecule has 1 unspecified atom stereocenters. The van der Waals surface area contributed by atoms with Gasteiger partial charge >= 0.3 is 0 Å². The molecule has 0 aromatic carbocycles. The van der Waals surface area contributed by atoms with E-state index < -0.39 is 0 Å². The van der Waals surface area contributed by atoms with Gasteiger partial charge in [0.2, 0.25) is 5.91 Å². The molecule has 1 aliphatic heterocycles. The van der Waals surface area contributed by atoms with E-state index >= 15 is 0 Å². The van der Waals surface area contributed by atoms with E-state index in [0.717, 1.165) is 25.1 Å². The molecule has 98 valence electrons. The second-order valence-corrected chi connectivity index (χ2v) is 6.60. The Bertz CT molecular complexity index is 287. The smallest absolute Gasteiger partial charge is 0.244 e. The zero-order chi connectivity index (χ0) is 12.5. The number of rotatable bonds is 4. The van der Waals surface area contributed by atoms with E-state index in [-0.39, 0.29) is 11.7 Å². The van der Waals surface area contributed by atoms with E-state index in [0.29, 0.717) is 11.8 Å². The summed E-state index contributed by atoms with van der Waals surface area (Å²) in [5.74, 6) is 1.88. The van der Waals surface area contributed by atoms with Crippen molar-refractivity contribution in [3.63, 3.8) is 0 Å². The topological polar surface area (TPSA) is 32.3 Å². The highest BCUT2D eigenvalue weighted by atomic mass is 32.2. The molecule has 1 N–H and O–H groups in total. The lowest BCUT2D eigenvalue weighted by Crippen LogP contribution is -2.45. The molecule has 1 amide bonds. The first-order valence-electron chi connectivity index (χ1n) is 6.68. The third kappa shape index (κ3) is 2.34. The van der Waals surface area contributed by atoms with Crippen LogP contribution in [-0.4, -0.2) is 41.1 Å². The number of carbonyl (C=O) groups is 1. The third-order valence-corrected chi connectivity index (χ3v) is 4.65. The van der Waals surface area contributed by atoms with Gasteiger partial charge in [0, 0.05) is 12.3 Å². The zero-order valence-electron chi connectivity index (χ0n) is 11.2. The van der Waals surface area contributed by atoms with Gasteiger partial charge in [-0.2, -0.15) is 11.8 Å². The van der Waals surface area contributed by atoms with Crippen molar-refractivity contribution in [3.8, 4) is 0 Å². The highest BCUT2D eigenvalue weighted by Gasteiger charge is 2.52. The van der Waals surface area contributed by atoms with E-state index in [1.54, 1.807) is 0 Å². The van der Waals surface area contributed by atoms with Gasteiger partial charge in [-0.1, -0.05) is 26.7 Å². The number of nitrogens with zero attached hydrogens (tertiary/aromatic N) is 1. The number of hydrogen-bond acceptors (Lipinski definition) is 3. The first-order valence-corrected chi connectivity index (χ1v) is 8.08. The summed E-state index contributed by atoms with van der Waals surface area (Å²) < 4.78 is 0. The molecule has 17 heavy (non-hydrogen) atoms. The summed E-state index contributed by atoms with van der Waals surface area (Å²) in [5.41, 5.74) is -0.201. The highest BCUT2D eigenvalue weighted by molar-refractivity contribution is 7.98. The van der Waals surface area contributed by atoms with Gasteiger partial charge in [-0.25, -0.2) is 0 Å². The predicted octanol–water partition coefficient (Wildman–Crippen LogP) is 2.08. The lowest BCUT2D eigenvalue weighted by Gasteiger charge is -2.26. The normalized spacial score (nSPS) is 27.6. The first-order chi connectivity index (χ1) is 8.10. The van der Waals surface area contributed by atoms with Crippen molar-refractivity contribution >= 4 is 17.7 Å². The van der Waals surface area contributed by atoms with Gasteiger partial charge in [0.05, 0.1) is 11.7 Å². The molecule has 1 heterocycles. The van der Waals surface area contributed by atoms with Gasteiger partial charge in [-0.3, -0.25) is 10.1 Å². The van der Waals surface area contributed by atoms with E-state index in [9.17, 15) is 4.79 Å². The Morgan fingerprint density at radius 1 is 1.47 bits per heavy atom. The second-order valence-electron chi connectivity index (χ2n) is 5.61. The quantitative estimate of drug-likeness (QED) is 0.836. The maximum absolute atomic E-state index is 12.6. The summed E-state index contributed by atoms with van der Waals surface area (Å²) in [4.78, 5) is 14.7. The standard InChI is InChI=1S/C13H24N2OS/c1-10(2)11-14-13(6-4-5-7-13)12(16)15(11)8-9-17-3/h10-11,14H,4-9H2,1-3H3. The molecule has 0 aromatic rings. The summed E-state index contributed by atoms with van der Waals surface area (Å²) in [7, 11) is 0. The zero-order valence-corrected chi connectivity index (χ0v) is 12.0. The van der Waals surface area contributed by atoms with Crippen LogP contribution in [0.15, 0.2) is 0 Å². The maximum atomic E-state index is 12.6. The van der Waals surface area contributed by atoms with Gasteiger partial charge in [0.15, 0.2) is 0 Å². The van der Waals surface area contributed by atoms with Gasteiger partial charge in [-0.15, -0.1) is 0 Å². The molecule has 1 spiro atoms. The molecule has 1 saturated heterocycles. The van der Waals surface area contributed by atoms with Gasteiger partial charge in [0.25, 0.3) is 0 Å². The minimum absolute atomic E-state index is 0.201. The molecule has 3 nitrogen and oxygen atoms in total. The largest absolute Gasteiger partial charge is 0.324 e. The van der Waals surface area contributed by atoms with Gasteiger partial charge < -0.3 is 4.90 Å². The van der Waals surface area contributed by atoms with Gasteiger partial charge in [0.1, 0.15) is 0 Å². The van der Waals surface area contributed by atoms with Crippen LogP contribution in [0.5, 0.6) is 0 Å². The third-order valence-electron chi connectivity index (χ3n) is 4.06. The Hall–Kier alpha value is -0.220. The van der Waals surface area contributed by atoms with Crippen molar-refractivity contribution in [2.24, 2.45) is 5.92 Å². The fourth-order valence-corrected chi connectivity index (χ4v) is 3.50. The molecule has 0 radical (unpaired) electrons. The van der Waals surface area contributed by atoms with Crippen LogP contribution in [0, 0.1) is 5.92 Å². The van der Waals surface area contributed by atoms with Crippen LogP contribution < -0.4 is 5.32 Å². The first kappa shape index (κ1) is 13.2. The molecule has 4 heteroatoms. The fourth-order valence-electron chi connectivity index (χ4n) is 3.12. The van der Waals surface area contributed by atoms with Crippen molar-refractivity contribution in [2.45, 2.75) is 51.2 Å². The molecule has 0 bridgehead atoms. The van der Waals surface area contributed by atoms with Crippen LogP contribution in [0.2, 0.25) is 0 Å². The molecule has 1 atom stereocenters. The van der Waals surface area contributed by atoms with Crippen molar-refractivity contribution < 1.29 is 4.79 Å². The molecular weight excluding hydrogens is 232 g/mol. The Morgan fingerprint density at radius 2 is 2.12 bits per heavy atom. The van der Waals surface area contributed by atoms with Crippen LogP contribution in [0.1, 0.15) is 39.5 Å². The van der Waals surface area contributed by atoms with Crippen LogP contribution in [0.4, 0.5) is 0 Å². The predicted molar refractivity (Wildman–Crippen MR) is 73.1 cm³/mol. The average Bonchev–Trinajstić information content (AvgIpc) is 2.86. The van der Waals surface area contributed by atoms with Crippen molar-refractivity contribution in [2.75, 3.05) is 18.6 Å². The summed E-state index contributed by atoms with van der Waals surface area (Å²) >= 11 is 1.81. The summed E-state index contributed by atoms with van der Waals surface area (Å²) in [5, 5.41) is 3.64. The molecule has 1 aliphatic carbocycles. The van der Waals surface area contributed by atoms with Crippen LogP contribution >= 0.6 is 11.8 Å². The summed E-state index contributed by atoms with van der Waals surface area (Å²) in [6.07, 6.45) is 6.80. The number of thioether (sulfide) groups is 1.